The lowest BCUT2D eigenvalue weighted by atomic mass is 10.0. The number of rotatable bonds is 12. The van der Waals surface area contributed by atoms with Gasteiger partial charge < -0.3 is 10.2 Å². The Morgan fingerprint density at radius 1 is 0.950 bits per heavy atom. The number of halogens is 1. The van der Waals surface area contributed by atoms with Crippen molar-refractivity contribution in [3.63, 3.8) is 0 Å². The maximum atomic E-state index is 14.2. The van der Waals surface area contributed by atoms with Crippen LogP contribution in [0.25, 0.3) is 0 Å². The molecular formula is C31H38BrN3O4S. The number of hydrogen-bond acceptors (Lipinski definition) is 4. The van der Waals surface area contributed by atoms with Crippen LogP contribution in [0.1, 0.15) is 42.5 Å². The summed E-state index contributed by atoms with van der Waals surface area (Å²) in [6.45, 7) is 7.30. The topological polar surface area (TPSA) is 86.8 Å². The predicted octanol–water partition coefficient (Wildman–Crippen LogP) is 5.39. The average Bonchev–Trinajstić information content (AvgIpc) is 2.91. The van der Waals surface area contributed by atoms with Crippen molar-refractivity contribution in [2.24, 2.45) is 0 Å². The van der Waals surface area contributed by atoms with Crippen LogP contribution >= 0.6 is 15.9 Å². The summed E-state index contributed by atoms with van der Waals surface area (Å²) < 4.78 is 28.0. The Labute approximate surface area is 246 Å². The molecule has 2 atom stereocenters. The van der Waals surface area contributed by atoms with Gasteiger partial charge in [0.1, 0.15) is 12.6 Å². The van der Waals surface area contributed by atoms with Crippen molar-refractivity contribution in [2.75, 3.05) is 17.1 Å². The smallest absolute Gasteiger partial charge is 0.244 e. The number of nitrogens with zero attached hydrogens (tertiary/aromatic N) is 2. The zero-order valence-corrected chi connectivity index (χ0v) is 26.1. The quantitative estimate of drug-likeness (QED) is 0.292. The second-order valence-corrected chi connectivity index (χ2v) is 13.1. The normalized spacial score (nSPS) is 12.8. The predicted molar refractivity (Wildman–Crippen MR) is 165 cm³/mol. The van der Waals surface area contributed by atoms with E-state index < -0.39 is 28.5 Å². The summed E-state index contributed by atoms with van der Waals surface area (Å²) in [7, 11) is -3.81. The minimum absolute atomic E-state index is 0.0853. The van der Waals surface area contributed by atoms with Crippen LogP contribution in [0.5, 0.6) is 0 Å². The summed E-state index contributed by atoms with van der Waals surface area (Å²) in [6.07, 6.45) is 2.12. The lowest BCUT2D eigenvalue weighted by molar-refractivity contribution is -0.140. The molecule has 0 spiro atoms. The minimum atomic E-state index is -3.81. The van der Waals surface area contributed by atoms with Gasteiger partial charge in [-0.15, -0.1) is 0 Å². The van der Waals surface area contributed by atoms with E-state index in [9.17, 15) is 18.0 Å². The fourth-order valence-corrected chi connectivity index (χ4v) is 5.53. The summed E-state index contributed by atoms with van der Waals surface area (Å²) in [5.41, 5.74) is 3.78. The van der Waals surface area contributed by atoms with Crippen LogP contribution in [0.15, 0.2) is 77.3 Å². The van der Waals surface area contributed by atoms with Gasteiger partial charge in [0.2, 0.25) is 21.8 Å². The fourth-order valence-electron chi connectivity index (χ4n) is 4.36. The van der Waals surface area contributed by atoms with Gasteiger partial charge in [0.05, 0.1) is 11.9 Å². The fraction of sp³-hybridized carbons (Fsp3) is 0.355. The van der Waals surface area contributed by atoms with E-state index in [1.165, 1.54) is 4.90 Å². The van der Waals surface area contributed by atoms with Gasteiger partial charge in [-0.2, -0.15) is 0 Å². The van der Waals surface area contributed by atoms with Gasteiger partial charge in [-0.3, -0.25) is 13.9 Å². The summed E-state index contributed by atoms with van der Waals surface area (Å²) in [6, 6.07) is 21.6. The Morgan fingerprint density at radius 2 is 1.60 bits per heavy atom. The zero-order valence-electron chi connectivity index (χ0n) is 23.7. The number of anilines is 1. The average molecular weight is 629 g/mol. The number of carbonyl (C=O) groups is 2. The zero-order chi connectivity index (χ0) is 29.4. The first-order valence-corrected chi connectivity index (χ1v) is 16.0. The molecule has 1 N–H and O–H groups in total. The van der Waals surface area contributed by atoms with Gasteiger partial charge in [0, 0.05) is 23.5 Å². The molecular weight excluding hydrogens is 590 g/mol. The van der Waals surface area contributed by atoms with Crippen molar-refractivity contribution in [2.45, 2.75) is 59.2 Å². The molecule has 214 valence electrons. The second-order valence-electron chi connectivity index (χ2n) is 10.2. The lowest BCUT2D eigenvalue weighted by Crippen LogP contribution is -2.54. The molecule has 0 aliphatic heterocycles. The molecule has 3 aromatic rings. The van der Waals surface area contributed by atoms with E-state index in [-0.39, 0.29) is 24.9 Å². The van der Waals surface area contributed by atoms with Gasteiger partial charge in [0.25, 0.3) is 0 Å². The summed E-state index contributed by atoms with van der Waals surface area (Å²) in [5.74, 6) is -0.740. The maximum Gasteiger partial charge on any atom is 0.244 e. The number of nitrogens with one attached hydrogen (secondary N) is 1. The number of sulfonamides is 1. The van der Waals surface area contributed by atoms with Crippen LogP contribution in [-0.4, -0.2) is 50.0 Å². The second kappa shape index (κ2) is 13.9. The Morgan fingerprint density at radius 3 is 2.20 bits per heavy atom. The first-order valence-electron chi connectivity index (χ1n) is 13.3. The first kappa shape index (κ1) is 31.4. The van der Waals surface area contributed by atoms with E-state index in [1.54, 1.807) is 6.07 Å². The maximum absolute atomic E-state index is 14.2. The van der Waals surface area contributed by atoms with E-state index in [4.69, 9.17) is 0 Å². The van der Waals surface area contributed by atoms with Gasteiger partial charge >= 0.3 is 0 Å². The molecule has 0 fully saturated rings. The highest BCUT2D eigenvalue weighted by molar-refractivity contribution is 9.10. The van der Waals surface area contributed by atoms with Crippen molar-refractivity contribution < 1.29 is 18.0 Å². The van der Waals surface area contributed by atoms with Gasteiger partial charge in [0.15, 0.2) is 0 Å². The molecule has 2 amide bonds. The van der Waals surface area contributed by atoms with Crippen molar-refractivity contribution in [3.8, 4) is 0 Å². The molecule has 3 aromatic carbocycles. The molecule has 0 saturated carbocycles. The molecule has 0 aliphatic carbocycles. The Hall–Kier alpha value is -3.17. The molecule has 40 heavy (non-hydrogen) atoms. The third kappa shape index (κ3) is 8.66. The number of amides is 2. The van der Waals surface area contributed by atoms with Crippen LogP contribution in [0.3, 0.4) is 0 Å². The van der Waals surface area contributed by atoms with Crippen LogP contribution in [0, 0.1) is 13.8 Å². The molecule has 7 nitrogen and oxygen atoms in total. The largest absolute Gasteiger partial charge is 0.352 e. The lowest BCUT2D eigenvalue weighted by Gasteiger charge is -2.34. The third-order valence-electron chi connectivity index (χ3n) is 6.85. The van der Waals surface area contributed by atoms with E-state index in [1.807, 2.05) is 94.4 Å². The van der Waals surface area contributed by atoms with Crippen molar-refractivity contribution in [1.82, 2.24) is 10.2 Å². The molecule has 2 unspecified atom stereocenters. The summed E-state index contributed by atoms with van der Waals surface area (Å²) >= 11 is 3.45. The van der Waals surface area contributed by atoms with E-state index in [2.05, 4.69) is 21.2 Å². The van der Waals surface area contributed by atoms with Crippen molar-refractivity contribution in [3.05, 3.63) is 99.5 Å². The molecule has 0 bridgehead atoms. The molecule has 0 saturated heterocycles. The van der Waals surface area contributed by atoms with Gasteiger partial charge in [-0.1, -0.05) is 77.5 Å². The molecule has 0 aliphatic rings. The van der Waals surface area contributed by atoms with Crippen LogP contribution in [0.2, 0.25) is 0 Å². The SMILES string of the molecule is CCC(C)NC(=O)C(Cc1ccccc1)N(Cc1ccc(Br)cc1)C(=O)CN(c1cc(C)ccc1C)S(C)(=O)=O. The standard InChI is InChI=1S/C31H38BrN3O4S/c1-6-24(4)33-31(37)29(19-25-10-8-7-9-11-25)34(20-26-14-16-27(32)17-15-26)30(36)21-35(40(5,38)39)28-18-22(2)12-13-23(28)3/h7-18,24,29H,6,19-21H2,1-5H3,(H,33,37). The highest BCUT2D eigenvalue weighted by Gasteiger charge is 2.33. The number of aryl methyl sites for hydroxylation is 2. The Balaban J connectivity index is 2.08. The van der Waals surface area contributed by atoms with E-state index in [0.717, 1.165) is 43.7 Å². The van der Waals surface area contributed by atoms with Crippen LogP contribution in [0.4, 0.5) is 5.69 Å². The minimum Gasteiger partial charge on any atom is -0.352 e. The summed E-state index contributed by atoms with van der Waals surface area (Å²) in [5, 5.41) is 3.04. The van der Waals surface area contributed by atoms with Crippen LogP contribution in [-0.2, 0) is 32.6 Å². The van der Waals surface area contributed by atoms with Crippen molar-refractivity contribution in [1.29, 1.82) is 0 Å². The monoisotopic (exact) mass is 627 g/mol. The number of carbonyl (C=O) groups excluding carboxylic acids is 2. The van der Waals surface area contributed by atoms with Gasteiger partial charge in [-0.25, -0.2) is 8.42 Å². The molecule has 0 aromatic heterocycles. The molecule has 0 heterocycles. The summed E-state index contributed by atoms with van der Waals surface area (Å²) in [4.78, 5) is 29.4. The van der Waals surface area contributed by atoms with Crippen molar-refractivity contribution >= 4 is 43.5 Å². The van der Waals surface area contributed by atoms with E-state index >= 15 is 0 Å². The first-order chi connectivity index (χ1) is 18.9. The molecule has 9 heteroatoms. The van der Waals surface area contributed by atoms with E-state index in [0.29, 0.717) is 5.69 Å². The van der Waals surface area contributed by atoms with Gasteiger partial charge in [-0.05, 0) is 67.6 Å². The number of hydrogen-bond donors (Lipinski definition) is 1. The number of benzene rings is 3. The molecule has 0 radical (unpaired) electrons. The Bertz CT molecular complexity index is 1410. The van der Waals surface area contributed by atoms with Crippen LogP contribution < -0.4 is 9.62 Å². The highest BCUT2D eigenvalue weighted by Crippen LogP contribution is 2.25. The highest BCUT2D eigenvalue weighted by atomic mass is 79.9. The molecule has 3 rings (SSSR count). The Kier molecular flexibility index (Phi) is 10.9. The third-order valence-corrected chi connectivity index (χ3v) is 8.51.